The van der Waals surface area contributed by atoms with Crippen molar-refractivity contribution in [1.82, 2.24) is 10.2 Å². The minimum absolute atomic E-state index is 0.0684. The lowest BCUT2D eigenvalue weighted by molar-refractivity contribution is -0.144. The van der Waals surface area contributed by atoms with Gasteiger partial charge in [-0.05, 0) is 19.8 Å². The van der Waals surface area contributed by atoms with Gasteiger partial charge in [0, 0.05) is 12.2 Å². The fourth-order valence-electron chi connectivity index (χ4n) is 2.35. The zero-order chi connectivity index (χ0) is 15.3. The summed E-state index contributed by atoms with van der Waals surface area (Å²) in [7, 11) is -0.178. The third-order valence-electron chi connectivity index (χ3n) is 3.58. The van der Waals surface area contributed by atoms with E-state index in [1.54, 1.807) is 4.90 Å². The maximum Gasteiger partial charge on any atom is 0.328 e. The second-order valence-corrected chi connectivity index (χ2v) is 11.5. The topological polar surface area (TPSA) is 58.6 Å². The van der Waals surface area contributed by atoms with Crippen molar-refractivity contribution in [2.45, 2.75) is 51.1 Å². The maximum absolute atomic E-state index is 12.4. The molecule has 0 radical (unpaired) electrons. The summed E-state index contributed by atoms with van der Waals surface area (Å²) in [5, 5.41) is 3.06. The highest BCUT2D eigenvalue weighted by Gasteiger charge is 2.36. The Bertz CT molecular complexity index is 390. The highest BCUT2D eigenvalue weighted by molar-refractivity contribution is 6.78. The lowest BCUT2D eigenvalue weighted by atomic mass is 10.2. The zero-order valence-corrected chi connectivity index (χ0v) is 14.1. The van der Waals surface area contributed by atoms with Crippen LogP contribution in [0.4, 0.5) is 4.79 Å². The average molecular weight is 298 g/mol. The first-order valence-electron chi connectivity index (χ1n) is 7.09. The van der Waals surface area contributed by atoms with Gasteiger partial charge in [-0.3, -0.25) is 0 Å². The number of urea groups is 1. The van der Waals surface area contributed by atoms with Crippen LogP contribution < -0.4 is 5.32 Å². The quantitative estimate of drug-likeness (QED) is 0.491. The Morgan fingerprint density at radius 1 is 1.40 bits per heavy atom. The van der Waals surface area contributed by atoms with Crippen molar-refractivity contribution in [3.8, 4) is 0 Å². The number of rotatable bonds is 4. The predicted octanol–water partition coefficient (Wildman–Crippen LogP) is 2.16. The van der Waals surface area contributed by atoms with Crippen LogP contribution >= 0.6 is 0 Å². The van der Waals surface area contributed by atoms with Crippen LogP contribution in [0, 0.1) is 0 Å². The third kappa shape index (κ3) is 4.09. The smallest absolute Gasteiger partial charge is 0.328 e. The summed E-state index contributed by atoms with van der Waals surface area (Å²) in [5.74, 6) is -0.326. The van der Waals surface area contributed by atoms with E-state index in [2.05, 4.69) is 25.0 Å². The van der Waals surface area contributed by atoms with E-state index in [1.807, 2.05) is 19.1 Å². The number of hydrogen-bond donors (Lipinski definition) is 1. The highest BCUT2D eigenvalue weighted by Crippen LogP contribution is 2.19. The second-order valence-electron chi connectivity index (χ2n) is 6.19. The molecule has 1 rings (SSSR count). The predicted molar refractivity (Wildman–Crippen MR) is 82.2 cm³/mol. The van der Waals surface area contributed by atoms with Gasteiger partial charge < -0.3 is 15.0 Å². The Hall–Kier alpha value is -1.30. The van der Waals surface area contributed by atoms with Gasteiger partial charge in [0.2, 0.25) is 0 Å². The number of likely N-dealkylation sites (tertiary alicyclic amines) is 1. The number of methoxy groups -OCH3 is 1. The van der Waals surface area contributed by atoms with Crippen molar-refractivity contribution in [3.05, 3.63) is 12.2 Å². The van der Waals surface area contributed by atoms with Crippen LogP contribution in [0.25, 0.3) is 0 Å². The summed E-state index contributed by atoms with van der Waals surface area (Å²) in [6.07, 6.45) is 5.52. The normalized spacial score (nSPS) is 21.1. The summed E-state index contributed by atoms with van der Waals surface area (Å²) < 4.78 is 4.77. The summed E-state index contributed by atoms with van der Waals surface area (Å²) in [6, 6.07) is -0.601. The molecule has 2 atom stereocenters. The van der Waals surface area contributed by atoms with E-state index in [1.165, 1.54) is 7.11 Å². The minimum Gasteiger partial charge on any atom is -0.467 e. The molecule has 6 heteroatoms. The van der Waals surface area contributed by atoms with E-state index in [0.29, 0.717) is 13.0 Å². The molecule has 1 saturated heterocycles. The van der Waals surface area contributed by atoms with Crippen molar-refractivity contribution in [2.24, 2.45) is 0 Å². The van der Waals surface area contributed by atoms with Crippen LogP contribution in [0.1, 0.15) is 19.8 Å². The van der Waals surface area contributed by atoms with Gasteiger partial charge in [-0.2, -0.15) is 0 Å². The maximum atomic E-state index is 12.4. The SMILES string of the molecule is C/C=C/[C@H](NC(=O)N1CCC[C@H]1C(=O)OC)[Si](C)(C)C. The first-order valence-corrected chi connectivity index (χ1v) is 10.7. The average Bonchev–Trinajstić information content (AvgIpc) is 2.85. The molecule has 0 aliphatic carbocycles. The third-order valence-corrected chi connectivity index (χ3v) is 5.79. The molecule has 1 aliphatic rings. The second kappa shape index (κ2) is 6.92. The monoisotopic (exact) mass is 298 g/mol. The Balaban J connectivity index is 2.76. The van der Waals surface area contributed by atoms with E-state index in [0.717, 1.165) is 6.42 Å². The van der Waals surface area contributed by atoms with Crippen LogP contribution in [0.3, 0.4) is 0 Å². The van der Waals surface area contributed by atoms with Crippen LogP contribution in [-0.2, 0) is 9.53 Å². The van der Waals surface area contributed by atoms with Crippen LogP contribution in [0.15, 0.2) is 12.2 Å². The van der Waals surface area contributed by atoms with Crippen molar-refractivity contribution >= 4 is 20.1 Å². The number of carbonyl (C=O) groups excluding carboxylic acids is 2. The highest BCUT2D eigenvalue weighted by atomic mass is 28.3. The van der Waals surface area contributed by atoms with E-state index in [4.69, 9.17) is 4.74 Å². The Morgan fingerprint density at radius 3 is 2.55 bits per heavy atom. The van der Waals surface area contributed by atoms with E-state index in [9.17, 15) is 9.59 Å². The number of nitrogens with zero attached hydrogens (tertiary/aromatic N) is 1. The van der Waals surface area contributed by atoms with E-state index >= 15 is 0 Å². The molecule has 0 bridgehead atoms. The molecular weight excluding hydrogens is 272 g/mol. The molecule has 2 amide bonds. The van der Waals surface area contributed by atoms with Crippen molar-refractivity contribution in [2.75, 3.05) is 13.7 Å². The van der Waals surface area contributed by atoms with Crippen molar-refractivity contribution in [1.29, 1.82) is 0 Å². The molecule has 0 unspecified atom stereocenters. The molecule has 0 saturated carbocycles. The Morgan fingerprint density at radius 2 is 2.05 bits per heavy atom. The molecule has 1 heterocycles. The molecule has 0 aromatic rings. The summed E-state index contributed by atoms with van der Waals surface area (Å²) in [6.45, 7) is 9.19. The molecule has 114 valence electrons. The van der Waals surface area contributed by atoms with Crippen molar-refractivity contribution < 1.29 is 14.3 Å². The zero-order valence-electron chi connectivity index (χ0n) is 13.1. The summed E-state index contributed by atoms with van der Waals surface area (Å²) in [5.41, 5.74) is 0.0684. The Labute approximate surface area is 122 Å². The number of amides is 2. The molecule has 5 nitrogen and oxygen atoms in total. The van der Waals surface area contributed by atoms with Gasteiger partial charge in [0.05, 0.1) is 15.2 Å². The van der Waals surface area contributed by atoms with E-state index in [-0.39, 0.29) is 17.7 Å². The Kier molecular flexibility index (Phi) is 5.80. The number of esters is 1. The van der Waals surface area contributed by atoms with Gasteiger partial charge in [0.25, 0.3) is 0 Å². The fourth-order valence-corrected chi connectivity index (χ4v) is 3.68. The standard InChI is InChI=1S/C14H26N2O3Si/c1-6-8-12(20(3,4)5)15-14(18)16-10-7-9-11(16)13(17)19-2/h6,8,11-12H,7,9-10H2,1-5H3,(H,15,18)/b8-6+/t11-,12+/m0/s1. The molecular formula is C14H26N2O3Si. The molecule has 20 heavy (non-hydrogen) atoms. The molecule has 0 aromatic carbocycles. The molecule has 1 aliphatic heterocycles. The summed E-state index contributed by atoms with van der Waals surface area (Å²) >= 11 is 0. The lowest BCUT2D eigenvalue weighted by Gasteiger charge is -2.31. The minimum atomic E-state index is -1.54. The number of allylic oxidation sites excluding steroid dienone is 1. The lowest BCUT2D eigenvalue weighted by Crippen LogP contribution is -2.55. The van der Waals surface area contributed by atoms with Gasteiger partial charge in [0.1, 0.15) is 6.04 Å². The van der Waals surface area contributed by atoms with Crippen LogP contribution in [0.5, 0.6) is 0 Å². The number of ether oxygens (including phenoxy) is 1. The van der Waals surface area contributed by atoms with Gasteiger partial charge in [0.15, 0.2) is 0 Å². The molecule has 0 aromatic heterocycles. The van der Waals surface area contributed by atoms with Gasteiger partial charge in [-0.15, -0.1) is 0 Å². The molecule has 0 spiro atoms. The molecule has 1 N–H and O–H groups in total. The number of nitrogens with one attached hydrogen (secondary N) is 1. The number of carbonyl (C=O) groups is 2. The number of hydrogen-bond acceptors (Lipinski definition) is 3. The largest absolute Gasteiger partial charge is 0.467 e. The van der Waals surface area contributed by atoms with Gasteiger partial charge in [-0.1, -0.05) is 31.8 Å². The van der Waals surface area contributed by atoms with Crippen molar-refractivity contribution in [3.63, 3.8) is 0 Å². The first kappa shape index (κ1) is 16.8. The molecule has 1 fully saturated rings. The fraction of sp³-hybridized carbons (Fsp3) is 0.714. The van der Waals surface area contributed by atoms with Gasteiger partial charge in [-0.25, -0.2) is 9.59 Å². The van der Waals surface area contributed by atoms with Gasteiger partial charge >= 0.3 is 12.0 Å². The van der Waals surface area contributed by atoms with E-state index < -0.39 is 14.1 Å². The van der Waals surface area contributed by atoms with Crippen LogP contribution in [0.2, 0.25) is 19.6 Å². The summed E-state index contributed by atoms with van der Waals surface area (Å²) in [4.78, 5) is 25.7. The first-order chi connectivity index (χ1) is 9.31. The van der Waals surface area contributed by atoms with Crippen LogP contribution in [-0.4, -0.2) is 50.3 Å².